The Kier molecular flexibility index (Phi) is 2.88. The molecule has 0 heterocycles. The van der Waals surface area contributed by atoms with Gasteiger partial charge in [-0.15, -0.1) is 0 Å². The van der Waals surface area contributed by atoms with Crippen LogP contribution in [0.15, 0.2) is 60.7 Å². The highest BCUT2D eigenvalue weighted by molar-refractivity contribution is 6.07. The van der Waals surface area contributed by atoms with Gasteiger partial charge in [0.15, 0.2) is 0 Å². The molecule has 0 aliphatic carbocycles. The van der Waals surface area contributed by atoms with Crippen molar-refractivity contribution in [2.45, 2.75) is 0 Å². The number of fused-ring (bicyclic) bond motifs is 1. The van der Waals surface area contributed by atoms with E-state index in [1.54, 1.807) is 30.3 Å². The second-order valence-corrected chi connectivity index (χ2v) is 4.56. The number of aromatic hydroxyl groups is 1. The molecule has 0 spiro atoms. The standard InChI is InChI=1S/C17H12O3/c18-13-8-6-11-7-9-14(17(19)20)16(15(11)10-13)12-4-2-1-3-5-12/h1-10,18H,(H,19,20). The summed E-state index contributed by atoms with van der Waals surface area (Å²) in [5, 5.41) is 20.7. The predicted octanol–water partition coefficient (Wildman–Crippen LogP) is 3.91. The number of carbonyl (C=O) groups is 1. The third-order valence-electron chi connectivity index (χ3n) is 3.30. The van der Waals surface area contributed by atoms with Crippen LogP contribution in [0, 0.1) is 0 Å². The van der Waals surface area contributed by atoms with E-state index in [2.05, 4.69) is 0 Å². The molecule has 0 aliphatic heterocycles. The lowest BCUT2D eigenvalue weighted by molar-refractivity contribution is 0.0698. The zero-order valence-electron chi connectivity index (χ0n) is 10.6. The minimum Gasteiger partial charge on any atom is -0.508 e. The van der Waals surface area contributed by atoms with Crippen LogP contribution in [0.5, 0.6) is 5.75 Å². The topological polar surface area (TPSA) is 57.5 Å². The number of phenolic OH excluding ortho intramolecular Hbond substituents is 1. The molecule has 20 heavy (non-hydrogen) atoms. The van der Waals surface area contributed by atoms with Crippen LogP contribution < -0.4 is 0 Å². The van der Waals surface area contributed by atoms with Gasteiger partial charge in [0.2, 0.25) is 0 Å². The van der Waals surface area contributed by atoms with Gasteiger partial charge in [-0.1, -0.05) is 42.5 Å². The molecule has 0 radical (unpaired) electrons. The average molecular weight is 264 g/mol. The Bertz CT molecular complexity index is 792. The van der Waals surface area contributed by atoms with E-state index in [4.69, 9.17) is 0 Å². The Morgan fingerprint density at radius 2 is 1.60 bits per heavy atom. The van der Waals surface area contributed by atoms with Gasteiger partial charge in [-0.3, -0.25) is 0 Å². The van der Waals surface area contributed by atoms with Gasteiger partial charge in [-0.05, 0) is 34.5 Å². The predicted molar refractivity (Wildman–Crippen MR) is 78.0 cm³/mol. The van der Waals surface area contributed by atoms with Crippen molar-refractivity contribution in [3.05, 3.63) is 66.2 Å². The molecule has 0 amide bonds. The number of benzene rings is 3. The first kappa shape index (κ1) is 12.2. The van der Waals surface area contributed by atoms with Crippen molar-refractivity contribution in [1.82, 2.24) is 0 Å². The monoisotopic (exact) mass is 264 g/mol. The third kappa shape index (κ3) is 1.99. The van der Waals surface area contributed by atoms with E-state index in [0.717, 1.165) is 16.3 Å². The van der Waals surface area contributed by atoms with Crippen molar-refractivity contribution in [1.29, 1.82) is 0 Å². The van der Waals surface area contributed by atoms with Crippen LogP contribution in [0.4, 0.5) is 0 Å². The summed E-state index contributed by atoms with van der Waals surface area (Å²) in [4.78, 5) is 11.5. The molecular formula is C17H12O3. The van der Waals surface area contributed by atoms with Crippen LogP contribution in [0.2, 0.25) is 0 Å². The summed E-state index contributed by atoms with van der Waals surface area (Å²) in [7, 11) is 0. The largest absolute Gasteiger partial charge is 0.508 e. The zero-order chi connectivity index (χ0) is 14.1. The van der Waals surface area contributed by atoms with Gasteiger partial charge in [-0.25, -0.2) is 4.79 Å². The smallest absolute Gasteiger partial charge is 0.336 e. The van der Waals surface area contributed by atoms with E-state index in [-0.39, 0.29) is 11.3 Å². The lowest BCUT2D eigenvalue weighted by atomic mass is 9.93. The quantitative estimate of drug-likeness (QED) is 0.737. The maximum Gasteiger partial charge on any atom is 0.336 e. The summed E-state index contributed by atoms with van der Waals surface area (Å²) in [6, 6.07) is 17.7. The molecule has 2 N–H and O–H groups in total. The van der Waals surface area contributed by atoms with E-state index >= 15 is 0 Å². The fourth-order valence-electron chi connectivity index (χ4n) is 2.40. The minimum absolute atomic E-state index is 0.122. The van der Waals surface area contributed by atoms with Gasteiger partial charge < -0.3 is 10.2 Å². The van der Waals surface area contributed by atoms with Gasteiger partial charge in [0.05, 0.1) is 5.56 Å². The summed E-state index contributed by atoms with van der Waals surface area (Å²) >= 11 is 0. The zero-order valence-corrected chi connectivity index (χ0v) is 10.6. The molecule has 3 aromatic carbocycles. The summed E-state index contributed by atoms with van der Waals surface area (Å²) < 4.78 is 0. The first-order chi connectivity index (χ1) is 9.66. The highest BCUT2D eigenvalue weighted by Gasteiger charge is 2.15. The highest BCUT2D eigenvalue weighted by Crippen LogP contribution is 2.34. The molecule has 3 heteroatoms. The Labute approximate surface area is 115 Å². The number of carboxylic acid groups (broad SMARTS) is 1. The fraction of sp³-hybridized carbons (Fsp3) is 0. The van der Waals surface area contributed by atoms with Gasteiger partial charge in [0.1, 0.15) is 5.75 Å². The Morgan fingerprint density at radius 1 is 0.900 bits per heavy atom. The highest BCUT2D eigenvalue weighted by atomic mass is 16.4. The second kappa shape index (κ2) is 4.70. The molecule has 3 nitrogen and oxygen atoms in total. The Morgan fingerprint density at radius 3 is 2.30 bits per heavy atom. The molecule has 0 saturated carbocycles. The molecule has 0 atom stereocenters. The van der Waals surface area contributed by atoms with Crippen molar-refractivity contribution >= 4 is 16.7 Å². The lowest BCUT2D eigenvalue weighted by Crippen LogP contribution is -2.00. The van der Waals surface area contributed by atoms with Crippen LogP contribution >= 0.6 is 0 Å². The van der Waals surface area contributed by atoms with Crippen molar-refractivity contribution < 1.29 is 15.0 Å². The van der Waals surface area contributed by atoms with Gasteiger partial charge in [-0.2, -0.15) is 0 Å². The normalized spacial score (nSPS) is 10.6. The first-order valence-corrected chi connectivity index (χ1v) is 6.21. The van der Waals surface area contributed by atoms with Crippen molar-refractivity contribution in [2.75, 3.05) is 0 Å². The van der Waals surface area contributed by atoms with E-state index in [0.29, 0.717) is 5.56 Å². The van der Waals surface area contributed by atoms with Crippen LogP contribution in [0.3, 0.4) is 0 Å². The molecule has 0 unspecified atom stereocenters. The first-order valence-electron chi connectivity index (χ1n) is 6.21. The SMILES string of the molecule is O=C(O)c1ccc2ccc(O)cc2c1-c1ccccc1. The summed E-state index contributed by atoms with van der Waals surface area (Å²) in [6.07, 6.45) is 0. The summed E-state index contributed by atoms with van der Waals surface area (Å²) in [5.41, 5.74) is 1.68. The summed E-state index contributed by atoms with van der Waals surface area (Å²) in [5.74, 6) is -0.855. The maximum atomic E-state index is 11.5. The van der Waals surface area contributed by atoms with Crippen LogP contribution in [0.1, 0.15) is 10.4 Å². The second-order valence-electron chi connectivity index (χ2n) is 4.56. The van der Waals surface area contributed by atoms with Crippen molar-refractivity contribution in [2.24, 2.45) is 0 Å². The summed E-state index contributed by atoms with van der Waals surface area (Å²) in [6.45, 7) is 0. The van der Waals surface area contributed by atoms with Gasteiger partial charge in [0.25, 0.3) is 0 Å². The number of aromatic carboxylic acids is 1. The van der Waals surface area contributed by atoms with E-state index in [1.165, 1.54) is 0 Å². The van der Waals surface area contributed by atoms with E-state index < -0.39 is 5.97 Å². The van der Waals surface area contributed by atoms with E-state index in [9.17, 15) is 15.0 Å². The molecule has 0 saturated heterocycles. The lowest BCUT2D eigenvalue weighted by Gasteiger charge is -2.11. The number of hydrogen-bond acceptors (Lipinski definition) is 2. The van der Waals surface area contributed by atoms with E-state index in [1.807, 2.05) is 30.3 Å². The van der Waals surface area contributed by atoms with Crippen LogP contribution in [-0.2, 0) is 0 Å². The number of phenols is 1. The Balaban J connectivity index is 2.44. The molecule has 0 aromatic heterocycles. The minimum atomic E-state index is -0.978. The van der Waals surface area contributed by atoms with Crippen LogP contribution in [-0.4, -0.2) is 16.2 Å². The number of rotatable bonds is 2. The molecule has 0 bridgehead atoms. The molecule has 0 fully saturated rings. The third-order valence-corrected chi connectivity index (χ3v) is 3.30. The number of hydrogen-bond donors (Lipinski definition) is 2. The molecular weight excluding hydrogens is 252 g/mol. The van der Waals surface area contributed by atoms with Gasteiger partial charge >= 0.3 is 5.97 Å². The average Bonchev–Trinajstić information content (AvgIpc) is 2.46. The fourth-order valence-corrected chi connectivity index (χ4v) is 2.40. The maximum absolute atomic E-state index is 11.5. The molecule has 98 valence electrons. The van der Waals surface area contributed by atoms with Crippen LogP contribution in [0.25, 0.3) is 21.9 Å². The van der Waals surface area contributed by atoms with Gasteiger partial charge in [0, 0.05) is 5.56 Å². The molecule has 3 aromatic rings. The van der Waals surface area contributed by atoms with Crippen molar-refractivity contribution in [3.8, 4) is 16.9 Å². The molecule has 3 rings (SSSR count). The Hall–Kier alpha value is -2.81. The number of carboxylic acids is 1. The van der Waals surface area contributed by atoms with Crippen molar-refractivity contribution in [3.63, 3.8) is 0 Å². The molecule has 0 aliphatic rings.